The first kappa shape index (κ1) is 19.8. The number of nitrogens with one attached hydrogen (secondary N) is 3. The molecule has 0 fully saturated rings. The van der Waals surface area contributed by atoms with Crippen molar-refractivity contribution in [1.29, 1.82) is 0 Å². The van der Waals surface area contributed by atoms with Gasteiger partial charge in [0.05, 0.1) is 9.82 Å². The van der Waals surface area contributed by atoms with Crippen LogP contribution in [-0.4, -0.2) is 23.9 Å². The van der Waals surface area contributed by atoms with Crippen molar-refractivity contribution in [2.24, 2.45) is 0 Å². The summed E-state index contributed by atoms with van der Waals surface area (Å²) in [6, 6.07) is 11.3. The van der Waals surface area contributed by atoms with Crippen LogP contribution in [0.5, 0.6) is 0 Å². The maximum Gasteiger partial charge on any atom is 0.294 e. The summed E-state index contributed by atoms with van der Waals surface area (Å²) >= 11 is 0. The molecule has 0 radical (unpaired) electrons. The van der Waals surface area contributed by atoms with E-state index in [2.05, 4.69) is 15.0 Å². The van der Waals surface area contributed by atoms with E-state index in [1.54, 1.807) is 26.8 Å². The number of sulfonamides is 1. The van der Waals surface area contributed by atoms with E-state index in [0.717, 1.165) is 22.7 Å². The smallest absolute Gasteiger partial charge is 0.294 e. The lowest BCUT2D eigenvalue weighted by molar-refractivity contribution is -0.384. The van der Waals surface area contributed by atoms with Crippen LogP contribution in [0.3, 0.4) is 0 Å². The quantitative estimate of drug-likeness (QED) is 0.437. The number of fused-ring (bicyclic) bond motifs is 1. The zero-order valence-electron chi connectivity index (χ0n) is 16.0. The number of nitrogens with zero attached hydrogens (tertiary/aromatic N) is 1. The maximum absolute atomic E-state index is 12.5. The van der Waals surface area contributed by atoms with Gasteiger partial charge in [-0.15, -0.1) is 0 Å². The van der Waals surface area contributed by atoms with Gasteiger partial charge in [0, 0.05) is 33.9 Å². The van der Waals surface area contributed by atoms with Gasteiger partial charge >= 0.3 is 0 Å². The monoisotopic (exact) mass is 402 g/mol. The van der Waals surface area contributed by atoms with Gasteiger partial charge in [-0.1, -0.05) is 0 Å². The van der Waals surface area contributed by atoms with E-state index in [1.165, 1.54) is 12.1 Å². The van der Waals surface area contributed by atoms with E-state index in [1.807, 2.05) is 25.1 Å². The summed E-state index contributed by atoms with van der Waals surface area (Å²) in [7, 11) is -3.88. The molecule has 0 bridgehead atoms. The van der Waals surface area contributed by atoms with Gasteiger partial charge in [0.1, 0.15) is 5.69 Å². The second-order valence-corrected chi connectivity index (χ2v) is 9.35. The first-order chi connectivity index (χ1) is 12.9. The largest absolute Gasteiger partial charge is 0.359 e. The van der Waals surface area contributed by atoms with Crippen LogP contribution in [0.1, 0.15) is 26.5 Å². The highest BCUT2D eigenvalue weighted by Crippen LogP contribution is 2.31. The van der Waals surface area contributed by atoms with Crippen molar-refractivity contribution >= 4 is 38.0 Å². The number of nitro benzene ring substituents is 1. The molecule has 1 aromatic heterocycles. The maximum atomic E-state index is 12.5. The average molecular weight is 402 g/mol. The lowest BCUT2D eigenvalue weighted by Gasteiger charge is -2.20. The molecule has 2 aromatic carbocycles. The van der Waals surface area contributed by atoms with E-state index < -0.39 is 20.5 Å². The van der Waals surface area contributed by atoms with Crippen LogP contribution >= 0.6 is 0 Å². The Labute approximate surface area is 163 Å². The number of hydrogen-bond acceptors (Lipinski definition) is 5. The van der Waals surface area contributed by atoms with Crippen molar-refractivity contribution in [1.82, 2.24) is 9.71 Å². The zero-order valence-corrected chi connectivity index (χ0v) is 16.8. The fraction of sp³-hybridized carbons (Fsp3) is 0.263. The number of nitro groups is 1. The first-order valence-corrected chi connectivity index (χ1v) is 10.1. The molecule has 8 nitrogen and oxygen atoms in total. The van der Waals surface area contributed by atoms with E-state index >= 15 is 0 Å². The third-order valence-corrected chi connectivity index (χ3v) is 5.71. The fourth-order valence-electron chi connectivity index (χ4n) is 2.91. The Bertz CT molecular complexity index is 1160. The molecule has 0 saturated heterocycles. The Morgan fingerprint density at radius 1 is 1.07 bits per heavy atom. The summed E-state index contributed by atoms with van der Waals surface area (Å²) in [6.07, 6.45) is 0. The molecule has 0 amide bonds. The predicted octanol–water partition coefficient (Wildman–Crippen LogP) is 4.20. The van der Waals surface area contributed by atoms with Crippen molar-refractivity contribution in [2.75, 3.05) is 5.32 Å². The lowest BCUT2D eigenvalue weighted by Crippen LogP contribution is -2.40. The second kappa shape index (κ2) is 6.92. The minimum atomic E-state index is -3.88. The summed E-state index contributed by atoms with van der Waals surface area (Å²) in [5.41, 5.74) is 1.84. The molecule has 0 unspecified atom stereocenters. The molecule has 148 valence electrons. The molecule has 28 heavy (non-hydrogen) atoms. The molecular formula is C19H22N4O4S. The van der Waals surface area contributed by atoms with Gasteiger partial charge in [-0.2, -0.15) is 0 Å². The normalized spacial score (nSPS) is 12.3. The summed E-state index contributed by atoms with van der Waals surface area (Å²) in [5.74, 6) is 0. The number of aromatic nitrogens is 1. The van der Waals surface area contributed by atoms with Crippen molar-refractivity contribution < 1.29 is 13.3 Å². The summed E-state index contributed by atoms with van der Waals surface area (Å²) in [4.78, 5) is 14.0. The van der Waals surface area contributed by atoms with Crippen LogP contribution in [0.15, 0.2) is 47.4 Å². The van der Waals surface area contributed by atoms with Crippen LogP contribution in [-0.2, 0) is 10.0 Å². The van der Waals surface area contributed by atoms with Gasteiger partial charge in [-0.05, 0) is 64.1 Å². The van der Waals surface area contributed by atoms with Crippen molar-refractivity contribution in [3.05, 3.63) is 58.3 Å². The molecule has 3 N–H and O–H groups in total. The molecule has 0 atom stereocenters. The second-order valence-electron chi connectivity index (χ2n) is 7.67. The summed E-state index contributed by atoms with van der Waals surface area (Å²) in [6.45, 7) is 7.05. The van der Waals surface area contributed by atoms with Crippen LogP contribution < -0.4 is 10.0 Å². The molecule has 9 heteroatoms. The molecule has 0 aliphatic heterocycles. The van der Waals surface area contributed by atoms with E-state index in [-0.39, 0.29) is 16.3 Å². The summed E-state index contributed by atoms with van der Waals surface area (Å²) < 4.78 is 27.5. The molecular weight excluding hydrogens is 380 g/mol. The Morgan fingerprint density at radius 2 is 1.79 bits per heavy atom. The van der Waals surface area contributed by atoms with Crippen molar-refractivity contribution in [2.45, 2.75) is 38.1 Å². The number of hydrogen-bond donors (Lipinski definition) is 3. The van der Waals surface area contributed by atoms with E-state index in [9.17, 15) is 18.5 Å². The third-order valence-electron chi connectivity index (χ3n) is 3.95. The van der Waals surface area contributed by atoms with Gasteiger partial charge in [-0.25, -0.2) is 13.1 Å². The van der Waals surface area contributed by atoms with E-state index in [0.29, 0.717) is 5.69 Å². The van der Waals surface area contributed by atoms with Crippen molar-refractivity contribution in [3.63, 3.8) is 0 Å². The first-order valence-electron chi connectivity index (χ1n) is 8.63. The number of aromatic amines is 1. The number of rotatable bonds is 5. The zero-order chi connectivity index (χ0) is 20.7. The van der Waals surface area contributed by atoms with E-state index in [4.69, 9.17) is 0 Å². The highest BCUT2D eigenvalue weighted by Gasteiger charge is 2.25. The Balaban J connectivity index is 1.98. The van der Waals surface area contributed by atoms with Crippen LogP contribution in [0.4, 0.5) is 17.1 Å². The number of aryl methyl sites for hydroxylation is 1. The van der Waals surface area contributed by atoms with Gasteiger partial charge < -0.3 is 10.3 Å². The highest BCUT2D eigenvalue weighted by molar-refractivity contribution is 7.89. The molecule has 3 aromatic rings. The Kier molecular flexibility index (Phi) is 4.90. The predicted molar refractivity (Wildman–Crippen MR) is 109 cm³/mol. The molecule has 0 aliphatic rings. The van der Waals surface area contributed by atoms with Crippen LogP contribution in [0, 0.1) is 17.0 Å². The van der Waals surface area contributed by atoms with Gasteiger partial charge in [-0.3, -0.25) is 10.1 Å². The average Bonchev–Trinajstić information content (AvgIpc) is 2.92. The lowest BCUT2D eigenvalue weighted by atomic mass is 10.1. The Hall–Kier alpha value is -2.91. The number of benzene rings is 2. The van der Waals surface area contributed by atoms with Gasteiger partial charge in [0.15, 0.2) is 0 Å². The molecule has 1 heterocycles. The number of anilines is 2. The molecule has 0 saturated carbocycles. The summed E-state index contributed by atoms with van der Waals surface area (Å²) in [5, 5.41) is 15.5. The number of H-pyrrole nitrogens is 1. The van der Waals surface area contributed by atoms with Gasteiger partial charge in [0.2, 0.25) is 10.0 Å². The minimum absolute atomic E-state index is 0.156. The molecule has 0 spiro atoms. The minimum Gasteiger partial charge on any atom is -0.359 e. The topological polar surface area (TPSA) is 117 Å². The van der Waals surface area contributed by atoms with Crippen LogP contribution in [0.2, 0.25) is 0 Å². The fourth-order valence-corrected chi connectivity index (χ4v) is 4.35. The molecule has 0 aliphatic carbocycles. The van der Waals surface area contributed by atoms with Gasteiger partial charge in [0.25, 0.3) is 5.69 Å². The Morgan fingerprint density at radius 3 is 2.43 bits per heavy atom. The van der Waals surface area contributed by atoms with Crippen LogP contribution in [0.25, 0.3) is 10.9 Å². The third kappa shape index (κ3) is 4.32. The SMILES string of the molecule is Cc1cc2cc(Nc3ccc(S(=O)(=O)NC(C)(C)C)cc3[N+](=O)[O-])ccc2[nH]1. The molecule has 3 rings (SSSR count). The highest BCUT2D eigenvalue weighted by atomic mass is 32.2. The standard InChI is InChI=1S/C19H22N4O4S/c1-12-9-13-10-14(5-7-16(13)20-12)21-17-8-6-15(11-18(17)23(24)25)28(26,27)22-19(2,3)4/h5-11,20-22H,1-4H3. The van der Waals surface area contributed by atoms with Crippen molar-refractivity contribution in [3.8, 4) is 0 Å².